The number of benzene rings is 2. The number of halogens is 1. The summed E-state index contributed by atoms with van der Waals surface area (Å²) in [6.07, 6.45) is 6.48. The average molecular weight is 494 g/mol. The Morgan fingerprint density at radius 3 is 2.66 bits per heavy atom. The lowest BCUT2D eigenvalue weighted by molar-refractivity contribution is -0.121. The third kappa shape index (κ3) is 5.40. The number of hydrogen-bond donors (Lipinski definition) is 2. The second kappa shape index (κ2) is 10.6. The van der Waals surface area contributed by atoms with Gasteiger partial charge in [-0.05, 0) is 54.7 Å². The van der Waals surface area contributed by atoms with Gasteiger partial charge in [-0.15, -0.1) is 10.2 Å². The molecule has 7 nitrogen and oxygen atoms in total. The molecule has 0 radical (unpaired) electrons. The van der Waals surface area contributed by atoms with Gasteiger partial charge in [-0.2, -0.15) is 0 Å². The molecule has 1 saturated carbocycles. The van der Waals surface area contributed by atoms with Crippen LogP contribution in [-0.2, 0) is 11.3 Å². The van der Waals surface area contributed by atoms with Crippen LogP contribution >= 0.6 is 11.8 Å². The lowest BCUT2D eigenvalue weighted by Gasteiger charge is -2.20. The van der Waals surface area contributed by atoms with Gasteiger partial charge in [-0.25, -0.2) is 4.39 Å². The van der Waals surface area contributed by atoms with Crippen molar-refractivity contribution in [2.45, 2.75) is 56.3 Å². The van der Waals surface area contributed by atoms with Crippen molar-refractivity contribution in [2.24, 2.45) is 5.92 Å². The van der Waals surface area contributed by atoms with E-state index in [0.717, 1.165) is 22.2 Å². The summed E-state index contributed by atoms with van der Waals surface area (Å²) in [7, 11) is 0. The molecule has 5 rings (SSSR count). The van der Waals surface area contributed by atoms with Crippen LogP contribution in [0, 0.1) is 11.7 Å². The number of carbonyl (C=O) groups is 2. The lowest BCUT2D eigenvalue weighted by atomic mass is 9.91. The molecule has 0 bridgehead atoms. The first-order valence-corrected chi connectivity index (χ1v) is 13.1. The Morgan fingerprint density at radius 2 is 1.86 bits per heavy atom. The van der Waals surface area contributed by atoms with Crippen molar-refractivity contribution in [2.75, 3.05) is 5.75 Å². The van der Waals surface area contributed by atoms with Gasteiger partial charge in [-0.1, -0.05) is 49.2 Å². The maximum absolute atomic E-state index is 13.6. The van der Waals surface area contributed by atoms with E-state index in [4.69, 9.17) is 0 Å². The number of amides is 2. The van der Waals surface area contributed by atoms with Crippen LogP contribution in [-0.4, -0.2) is 32.3 Å². The first-order valence-electron chi connectivity index (χ1n) is 12.1. The van der Waals surface area contributed by atoms with Crippen molar-refractivity contribution < 1.29 is 14.0 Å². The molecule has 2 heterocycles. The van der Waals surface area contributed by atoms with Crippen LogP contribution in [0.4, 0.5) is 4.39 Å². The fourth-order valence-electron chi connectivity index (χ4n) is 4.82. The molecule has 9 heteroatoms. The van der Waals surface area contributed by atoms with Crippen molar-refractivity contribution in [1.82, 2.24) is 25.4 Å². The van der Waals surface area contributed by atoms with E-state index in [1.807, 2.05) is 22.8 Å². The zero-order valence-corrected chi connectivity index (χ0v) is 20.2. The lowest BCUT2D eigenvalue weighted by Crippen LogP contribution is -2.29. The summed E-state index contributed by atoms with van der Waals surface area (Å²) in [5.74, 6) is 1.54. The monoisotopic (exact) mass is 493 g/mol. The predicted octanol–water partition coefficient (Wildman–Crippen LogP) is 4.57. The Morgan fingerprint density at radius 1 is 1.09 bits per heavy atom. The molecule has 0 saturated heterocycles. The maximum atomic E-state index is 13.6. The van der Waals surface area contributed by atoms with E-state index >= 15 is 0 Å². The summed E-state index contributed by atoms with van der Waals surface area (Å²) < 4.78 is 15.5. The number of nitrogens with zero attached hydrogens (tertiary/aromatic N) is 3. The van der Waals surface area contributed by atoms with Crippen LogP contribution in [0.5, 0.6) is 0 Å². The number of thioether (sulfide) groups is 1. The molecule has 1 unspecified atom stereocenters. The highest BCUT2D eigenvalue weighted by Crippen LogP contribution is 2.31. The number of rotatable bonds is 8. The summed E-state index contributed by atoms with van der Waals surface area (Å²) in [5, 5.41) is 15.3. The second-order valence-corrected chi connectivity index (χ2v) is 10.1. The minimum atomic E-state index is -0.352. The Kier molecular flexibility index (Phi) is 7.13. The summed E-state index contributed by atoms with van der Waals surface area (Å²) in [6, 6.07) is 13.2. The molecule has 3 aromatic rings. The number of hydrogen-bond acceptors (Lipinski definition) is 5. The minimum Gasteiger partial charge on any atom is -0.349 e. The van der Waals surface area contributed by atoms with Gasteiger partial charge in [0, 0.05) is 17.0 Å². The van der Waals surface area contributed by atoms with Crippen molar-refractivity contribution in [3.8, 4) is 5.69 Å². The summed E-state index contributed by atoms with van der Waals surface area (Å²) in [6.45, 7) is 0.176. The second-order valence-electron chi connectivity index (χ2n) is 9.12. The molecule has 2 amide bonds. The molecule has 2 aromatic carbocycles. The number of fused-ring (bicyclic) bond motifs is 1. The molecule has 1 aliphatic heterocycles. The predicted molar refractivity (Wildman–Crippen MR) is 132 cm³/mol. The fourth-order valence-corrected chi connectivity index (χ4v) is 5.98. The van der Waals surface area contributed by atoms with Gasteiger partial charge in [0.15, 0.2) is 11.0 Å². The Bertz CT molecular complexity index is 1210. The van der Waals surface area contributed by atoms with E-state index in [2.05, 4.69) is 20.8 Å². The van der Waals surface area contributed by atoms with Crippen LogP contribution in [0.15, 0.2) is 53.7 Å². The van der Waals surface area contributed by atoms with Crippen LogP contribution in [0.25, 0.3) is 5.69 Å². The standard InChI is InChI=1S/C26H28FN5O2S/c27-18-10-12-19(13-11-18)32-23(30-31-26(32)35-16-17-6-2-1-3-7-17)15-28-24(33)14-22-20-8-4-5-9-21(20)25(34)29-22/h4-5,8-13,17,22H,1-3,6-7,14-16H2,(H,28,33)(H,29,34). The van der Waals surface area contributed by atoms with E-state index < -0.39 is 0 Å². The summed E-state index contributed by atoms with van der Waals surface area (Å²) in [5.41, 5.74) is 2.20. The van der Waals surface area contributed by atoms with Crippen molar-refractivity contribution in [3.05, 3.63) is 71.3 Å². The van der Waals surface area contributed by atoms with Gasteiger partial charge in [0.25, 0.3) is 5.91 Å². The van der Waals surface area contributed by atoms with Crippen LogP contribution in [0.3, 0.4) is 0 Å². The van der Waals surface area contributed by atoms with Crippen LogP contribution < -0.4 is 10.6 Å². The van der Waals surface area contributed by atoms with E-state index in [0.29, 0.717) is 17.3 Å². The van der Waals surface area contributed by atoms with Crippen LogP contribution in [0.2, 0.25) is 0 Å². The number of carbonyl (C=O) groups excluding carboxylic acids is 2. The molecule has 1 aliphatic carbocycles. The highest BCUT2D eigenvalue weighted by Gasteiger charge is 2.29. The van der Waals surface area contributed by atoms with E-state index in [1.165, 1.54) is 44.2 Å². The fraction of sp³-hybridized carbons (Fsp3) is 0.385. The van der Waals surface area contributed by atoms with Gasteiger partial charge < -0.3 is 10.6 Å². The molecule has 0 spiro atoms. The third-order valence-electron chi connectivity index (χ3n) is 6.68. The summed E-state index contributed by atoms with van der Waals surface area (Å²) >= 11 is 1.66. The van der Waals surface area contributed by atoms with E-state index in [-0.39, 0.29) is 36.6 Å². The average Bonchev–Trinajstić information content (AvgIpc) is 3.43. The molecule has 182 valence electrons. The van der Waals surface area contributed by atoms with Crippen molar-refractivity contribution in [3.63, 3.8) is 0 Å². The van der Waals surface area contributed by atoms with Gasteiger partial charge in [-0.3, -0.25) is 14.2 Å². The third-order valence-corrected chi connectivity index (χ3v) is 7.84. The highest BCUT2D eigenvalue weighted by atomic mass is 32.2. The zero-order valence-electron chi connectivity index (χ0n) is 19.4. The molecule has 1 atom stereocenters. The van der Waals surface area contributed by atoms with Crippen LogP contribution in [0.1, 0.15) is 66.3 Å². The molecular weight excluding hydrogens is 465 g/mol. The quantitative estimate of drug-likeness (QED) is 0.449. The largest absolute Gasteiger partial charge is 0.349 e. The summed E-state index contributed by atoms with van der Waals surface area (Å²) in [4.78, 5) is 24.9. The van der Waals surface area contributed by atoms with E-state index in [9.17, 15) is 14.0 Å². The van der Waals surface area contributed by atoms with E-state index in [1.54, 1.807) is 30.0 Å². The number of aromatic nitrogens is 3. The first kappa shape index (κ1) is 23.5. The zero-order chi connectivity index (χ0) is 24.2. The first-order chi connectivity index (χ1) is 17.1. The Labute approximate surface area is 207 Å². The normalized spacial score (nSPS) is 17.7. The molecule has 2 aliphatic rings. The number of nitrogens with one attached hydrogen (secondary N) is 2. The van der Waals surface area contributed by atoms with Crippen molar-refractivity contribution in [1.29, 1.82) is 0 Å². The highest BCUT2D eigenvalue weighted by molar-refractivity contribution is 7.99. The van der Waals surface area contributed by atoms with Crippen molar-refractivity contribution >= 4 is 23.6 Å². The molecule has 35 heavy (non-hydrogen) atoms. The molecule has 1 aromatic heterocycles. The van der Waals surface area contributed by atoms with Gasteiger partial charge in [0.1, 0.15) is 5.82 Å². The minimum absolute atomic E-state index is 0.136. The Balaban J connectivity index is 1.28. The van der Waals surface area contributed by atoms with Gasteiger partial charge in [0.05, 0.1) is 19.0 Å². The molecule has 1 fully saturated rings. The topological polar surface area (TPSA) is 88.9 Å². The Hall–Kier alpha value is -3.20. The SMILES string of the molecule is O=C(CC1NC(=O)c2ccccc21)NCc1nnc(SCC2CCCCC2)n1-c1ccc(F)cc1. The molecule has 2 N–H and O–H groups in total. The smallest absolute Gasteiger partial charge is 0.252 e. The molecular formula is C26H28FN5O2S. The van der Waals surface area contributed by atoms with Gasteiger partial charge in [0.2, 0.25) is 5.91 Å². The van der Waals surface area contributed by atoms with Gasteiger partial charge >= 0.3 is 0 Å². The maximum Gasteiger partial charge on any atom is 0.252 e.